The Labute approximate surface area is 116 Å². The maximum absolute atomic E-state index is 10.5. The number of nitrogens with one attached hydrogen (secondary N) is 1. The van der Waals surface area contributed by atoms with Crippen LogP contribution in [0.1, 0.15) is 5.69 Å². The van der Waals surface area contributed by atoms with Gasteiger partial charge in [0.2, 0.25) is 0 Å². The van der Waals surface area contributed by atoms with Crippen molar-refractivity contribution in [3.05, 3.63) is 52.3 Å². The molecule has 0 spiro atoms. The van der Waals surface area contributed by atoms with Gasteiger partial charge in [-0.2, -0.15) is 5.10 Å². The highest BCUT2D eigenvalue weighted by Gasteiger charge is 2.04. The molecule has 0 amide bonds. The van der Waals surface area contributed by atoms with Crippen LogP contribution < -0.4 is 10.1 Å². The molecule has 0 aliphatic heterocycles. The van der Waals surface area contributed by atoms with Crippen molar-refractivity contribution < 1.29 is 9.66 Å². The number of ether oxygens (including phenoxy) is 1. The van der Waals surface area contributed by atoms with Crippen LogP contribution >= 0.6 is 0 Å². The van der Waals surface area contributed by atoms with Gasteiger partial charge in [0.25, 0.3) is 5.69 Å². The number of aryl methyl sites for hydroxylation is 1. The monoisotopic (exact) mass is 276 g/mol. The lowest BCUT2D eigenvalue weighted by atomic mass is 10.3. The number of nitro benzene ring substituents is 1. The Bertz CT molecular complexity index is 565. The maximum atomic E-state index is 10.5. The van der Waals surface area contributed by atoms with Crippen molar-refractivity contribution in [3.8, 4) is 5.75 Å². The fraction of sp³-hybridized carbons (Fsp3) is 0.308. The first kappa shape index (κ1) is 14.0. The van der Waals surface area contributed by atoms with Gasteiger partial charge in [-0.3, -0.25) is 14.8 Å². The number of benzene rings is 1. The van der Waals surface area contributed by atoms with Crippen molar-refractivity contribution in [1.29, 1.82) is 0 Å². The van der Waals surface area contributed by atoms with Crippen LogP contribution in [0.2, 0.25) is 0 Å². The van der Waals surface area contributed by atoms with E-state index >= 15 is 0 Å². The summed E-state index contributed by atoms with van der Waals surface area (Å²) in [7, 11) is 1.88. The number of nitrogens with zero attached hydrogens (tertiary/aromatic N) is 3. The molecule has 1 aromatic carbocycles. The highest BCUT2D eigenvalue weighted by atomic mass is 16.6. The van der Waals surface area contributed by atoms with Crippen molar-refractivity contribution in [2.24, 2.45) is 7.05 Å². The minimum absolute atomic E-state index is 0.0608. The Morgan fingerprint density at radius 3 is 2.70 bits per heavy atom. The van der Waals surface area contributed by atoms with Crippen molar-refractivity contribution in [3.63, 3.8) is 0 Å². The Balaban J connectivity index is 1.66. The molecule has 0 aliphatic carbocycles. The molecule has 1 heterocycles. The molecule has 0 bridgehead atoms. The summed E-state index contributed by atoms with van der Waals surface area (Å²) in [6.45, 7) is 1.85. The van der Waals surface area contributed by atoms with E-state index in [1.54, 1.807) is 16.8 Å². The van der Waals surface area contributed by atoms with Gasteiger partial charge >= 0.3 is 0 Å². The average molecular weight is 276 g/mol. The summed E-state index contributed by atoms with van der Waals surface area (Å²) >= 11 is 0. The van der Waals surface area contributed by atoms with Crippen molar-refractivity contribution in [2.45, 2.75) is 6.54 Å². The Morgan fingerprint density at radius 1 is 1.35 bits per heavy atom. The van der Waals surface area contributed by atoms with Gasteiger partial charge in [0.1, 0.15) is 12.4 Å². The van der Waals surface area contributed by atoms with Gasteiger partial charge < -0.3 is 10.1 Å². The summed E-state index contributed by atoms with van der Waals surface area (Å²) in [6, 6.07) is 7.99. The molecule has 0 saturated heterocycles. The first-order chi connectivity index (χ1) is 9.65. The number of nitro groups is 1. The fourth-order valence-electron chi connectivity index (χ4n) is 1.68. The highest BCUT2D eigenvalue weighted by molar-refractivity contribution is 5.35. The normalized spacial score (nSPS) is 10.4. The smallest absolute Gasteiger partial charge is 0.269 e. The Kier molecular flexibility index (Phi) is 4.67. The van der Waals surface area contributed by atoms with Crippen LogP contribution in [0, 0.1) is 10.1 Å². The molecular weight excluding hydrogens is 260 g/mol. The van der Waals surface area contributed by atoms with Crippen molar-refractivity contribution in [2.75, 3.05) is 13.2 Å². The third kappa shape index (κ3) is 4.06. The molecule has 1 N–H and O–H groups in total. The third-order valence-corrected chi connectivity index (χ3v) is 2.67. The van der Waals surface area contributed by atoms with Crippen LogP contribution in [-0.2, 0) is 13.6 Å². The van der Waals surface area contributed by atoms with Crippen LogP contribution in [0.4, 0.5) is 5.69 Å². The Morgan fingerprint density at radius 2 is 2.10 bits per heavy atom. The highest BCUT2D eigenvalue weighted by Crippen LogP contribution is 2.16. The number of hydrogen-bond acceptors (Lipinski definition) is 5. The van der Waals surface area contributed by atoms with Gasteiger partial charge in [-0.15, -0.1) is 0 Å². The summed E-state index contributed by atoms with van der Waals surface area (Å²) in [5.74, 6) is 0.621. The fourth-order valence-corrected chi connectivity index (χ4v) is 1.68. The topological polar surface area (TPSA) is 82.2 Å². The molecule has 2 rings (SSSR count). The molecule has 0 unspecified atom stereocenters. The molecule has 0 atom stereocenters. The largest absolute Gasteiger partial charge is 0.492 e. The molecule has 1 aromatic heterocycles. The lowest BCUT2D eigenvalue weighted by Gasteiger charge is -2.06. The molecule has 0 aliphatic rings. The standard InChI is InChI=1S/C13H16N4O3/c1-16-8-6-11(15-16)10-14-7-9-20-13-4-2-12(3-5-13)17(18)19/h2-6,8,14H,7,9-10H2,1H3. The average Bonchev–Trinajstić information content (AvgIpc) is 2.84. The molecule has 2 aromatic rings. The van der Waals surface area contributed by atoms with Crippen LogP contribution in [0.5, 0.6) is 5.75 Å². The molecular formula is C13H16N4O3. The van der Waals surface area contributed by atoms with Crippen molar-refractivity contribution >= 4 is 5.69 Å². The van der Waals surface area contributed by atoms with E-state index in [0.29, 0.717) is 25.4 Å². The Hall–Kier alpha value is -2.41. The van der Waals surface area contributed by atoms with E-state index in [9.17, 15) is 10.1 Å². The summed E-state index contributed by atoms with van der Waals surface area (Å²) in [5.41, 5.74) is 1.04. The maximum Gasteiger partial charge on any atom is 0.269 e. The third-order valence-electron chi connectivity index (χ3n) is 2.67. The molecule has 0 saturated carbocycles. The summed E-state index contributed by atoms with van der Waals surface area (Å²) in [6.07, 6.45) is 1.89. The molecule has 20 heavy (non-hydrogen) atoms. The van der Waals surface area contributed by atoms with E-state index in [1.165, 1.54) is 12.1 Å². The summed E-state index contributed by atoms with van der Waals surface area (Å²) in [4.78, 5) is 10.1. The van der Waals surface area contributed by atoms with Gasteiger partial charge in [0.05, 0.1) is 10.6 Å². The quantitative estimate of drug-likeness (QED) is 0.471. The SMILES string of the molecule is Cn1ccc(CNCCOc2ccc([N+](=O)[O-])cc2)n1. The summed E-state index contributed by atoms with van der Waals surface area (Å²) < 4.78 is 7.23. The second kappa shape index (κ2) is 6.67. The zero-order chi connectivity index (χ0) is 14.4. The lowest BCUT2D eigenvalue weighted by molar-refractivity contribution is -0.384. The van der Waals surface area contributed by atoms with Gasteiger partial charge in [0, 0.05) is 38.5 Å². The van der Waals surface area contributed by atoms with E-state index in [1.807, 2.05) is 19.3 Å². The molecule has 0 radical (unpaired) electrons. The zero-order valence-electron chi connectivity index (χ0n) is 11.2. The second-order valence-electron chi connectivity index (χ2n) is 4.26. The van der Waals surface area contributed by atoms with E-state index in [2.05, 4.69) is 10.4 Å². The number of rotatable bonds is 7. The predicted molar refractivity (Wildman–Crippen MR) is 73.5 cm³/mol. The van der Waals surface area contributed by atoms with E-state index < -0.39 is 4.92 Å². The van der Waals surface area contributed by atoms with Crippen LogP contribution in [0.3, 0.4) is 0 Å². The first-order valence-electron chi connectivity index (χ1n) is 6.21. The number of aromatic nitrogens is 2. The van der Waals surface area contributed by atoms with E-state index in [4.69, 9.17) is 4.74 Å². The minimum Gasteiger partial charge on any atom is -0.492 e. The molecule has 106 valence electrons. The first-order valence-corrected chi connectivity index (χ1v) is 6.21. The number of hydrogen-bond donors (Lipinski definition) is 1. The van der Waals surface area contributed by atoms with Crippen LogP contribution in [0.25, 0.3) is 0 Å². The molecule has 0 fully saturated rings. The molecule has 7 nitrogen and oxygen atoms in total. The number of non-ortho nitro benzene ring substituents is 1. The predicted octanol–water partition coefficient (Wildman–Crippen LogP) is 1.50. The summed E-state index contributed by atoms with van der Waals surface area (Å²) in [5, 5.41) is 17.9. The van der Waals surface area contributed by atoms with Gasteiger partial charge in [0.15, 0.2) is 0 Å². The van der Waals surface area contributed by atoms with E-state index in [0.717, 1.165) is 5.69 Å². The van der Waals surface area contributed by atoms with Gasteiger partial charge in [-0.1, -0.05) is 0 Å². The van der Waals surface area contributed by atoms with E-state index in [-0.39, 0.29) is 5.69 Å². The molecule has 7 heteroatoms. The zero-order valence-corrected chi connectivity index (χ0v) is 11.2. The lowest BCUT2D eigenvalue weighted by Crippen LogP contribution is -2.20. The van der Waals surface area contributed by atoms with Gasteiger partial charge in [-0.25, -0.2) is 0 Å². The minimum atomic E-state index is -0.432. The van der Waals surface area contributed by atoms with Crippen LogP contribution in [-0.4, -0.2) is 27.9 Å². The van der Waals surface area contributed by atoms with Crippen molar-refractivity contribution in [1.82, 2.24) is 15.1 Å². The van der Waals surface area contributed by atoms with Gasteiger partial charge in [-0.05, 0) is 18.2 Å². The van der Waals surface area contributed by atoms with Crippen LogP contribution in [0.15, 0.2) is 36.5 Å². The second-order valence-corrected chi connectivity index (χ2v) is 4.26.